The van der Waals surface area contributed by atoms with Gasteiger partial charge in [-0.3, -0.25) is 0 Å². The second-order valence-corrected chi connectivity index (χ2v) is 7.57. The minimum atomic E-state index is -0.456. The molecule has 4 aromatic rings. The van der Waals surface area contributed by atoms with Crippen LogP contribution in [0.15, 0.2) is 73.0 Å². The van der Waals surface area contributed by atoms with Gasteiger partial charge in [-0.15, -0.1) is 0 Å². The van der Waals surface area contributed by atoms with Crippen molar-refractivity contribution < 1.29 is 13.6 Å². The third-order valence-electron chi connectivity index (χ3n) is 6.01. The van der Waals surface area contributed by atoms with Crippen LogP contribution in [0.1, 0.15) is 29.7 Å². The molecular formula is C23H17NO5. The molecule has 3 atom stereocenters. The number of hydrogen-bond donors (Lipinski definition) is 1. The molecule has 29 heavy (non-hydrogen) atoms. The summed E-state index contributed by atoms with van der Waals surface area (Å²) in [5.41, 5.74) is 1.91. The maximum absolute atomic E-state index is 12.8. The Labute approximate surface area is 164 Å². The minimum absolute atomic E-state index is 0.0109. The Kier molecular flexibility index (Phi) is 3.46. The number of hydrogen-bond acceptors (Lipinski definition) is 6. The average Bonchev–Trinajstić information content (AvgIpc) is 3.23. The Morgan fingerprint density at radius 3 is 2.55 bits per heavy atom. The van der Waals surface area contributed by atoms with Gasteiger partial charge in [0, 0.05) is 28.9 Å². The minimum Gasteiger partial charge on any atom is -0.422 e. The molecule has 0 radical (unpaired) electrons. The second-order valence-electron chi connectivity index (χ2n) is 7.57. The number of ether oxygens (including phenoxy) is 1. The Morgan fingerprint density at radius 1 is 0.897 bits per heavy atom. The van der Waals surface area contributed by atoms with E-state index in [-0.39, 0.29) is 18.1 Å². The van der Waals surface area contributed by atoms with E-state index in [1.54, 1.807) is 12.1 Å². The van der Waals surface area contributed by atoms with Crippen molar-refractivity contribution in [1.82, 2.24) is 0 Å². The van der Waals surface area contributed by atoms with Gasteiger partial charge in [0.15, 0.2) is 0 Å². The van der Waals surface area contributed by atoms with Crippen molar-refractivity contribution in [3.05, 3.63) is 86.6 Å². The SMILES string of the molecule is O=c1oc2ccccc2cc1[C@H]1Nc2c(c3ccccc3oc2=O)[C@H]2OCC[C@@H]12. The van der Waals surface area contributed by atoms with E-state index in [1.165, 1.54) is 0 Å². The smallest absolute Gasteiger partial charge is 0.360 e. The monoisotopic (exact) mass is 387 g/mol. The van der Waals surface area contributed by atoms with Crippen LogP contribution in [0.5, 0.6) is 0 Å². The Hall–Kier alpha value is -3.38. The molecule has 2 aromatic carbocycles. The summed E-state index contributed by atoms with van der Waals surface area (Å²) in [6.07, 6.45) is 0.499. The normalized spacial score (nSPS) is 23.0. The summed E-state index contributed by atoms with van der Waals surface area (Å²) >= 11 is 0. The van der Waals surface area contributed by atoms with Gasteiger partial charge < -0.3 is 18.9 Å². The summed E-state index contributed by atoms with van der Waals surface area (Å²) in [6.45, 7) is 0.570. The first kappa shape index (κ1) is 16.6. The molecule has 0 amide bonds. The molecule has 0 saturated carbocycles. The Balaban J connectivity index is 1.58. The topological polar surface area (TPSA) is 81.7 Å². The van der Waals surface area contributed by atoms with Gasteiger partial charge in [0.1, 0.15) is 16.9 Å². The molecule has 6 heteroatoms. The highest BCUT2D eigenvalue weighted by Crippen LogP contribution is 2.50. The van der Waals surface area contributed by atoms with Crippen molar-refractivity contribution >= 4 is 27.6 Å². The zero-order chi connectivity index (χ0) is 19.5. The fraction of sp³-hybridized carbons (Fsp3) is 0.217. The molecule has 1 fully saturated rings. The van der Waals surface area contributed by atoms with Crippen molar-refractivity contribution in [3.63, 3.8) is 0 Å². The molecule has 4 heterocycles. The molecule has 2 aromatic heterocycles. The summed E-state index contributed by atoms with van der Waals surface area (Å²) in [5.74, 6) is 0.0109. The quantitative estimate of drug-likeness (QED) is 0.494. The summed E-state index contributed by atoms with van der Waals surface area (Å²) in [5, 5.41) is 5.00. The lowest BCUT2D eigenvalue weighted by Gasteiger charge is -2.35. The van der Waals surface area contributed by atoms with Crippen LogP contribution in [0.25, 0.3) is 21.9 Å². The predicted octanol–water partition coefficient (Wildman–Crippen LogP) is 4.14. The molecule has 0 aliphatic carbocycles. The molecular weight excluding hydrogens is 370 g/mol. The predicted molar refractivity (Wildman–Crippen MR) is 108 cm³/mol. The van der Waals surface area contributed by atoms with Gasteiger partial charge in [-0.05, 0) is 24.6 Å². The number of rotatable bonds is 1. The van der Waals surface area contributed by atoms with Gasteiger partial charge in [0.05, 0.1) is 17.7 Å². The standard InChI is InChI=1S/C23H17NO5/c25-22-15(11-12-5-1-3-7-16(12)28-22)19-14-9-10-27-21(14)18-13-6-2-4-8-17(13)29-23(26)20(18)24-19/h1-8,11,14,19,21,24H,9-10H2/t14-,19-,21-/m0/s1. The molecule has 0 spiro atoms. The first-order valence-electron chi connectivity index (χ1n) is 9.67. The molecule has 1 N–H and O–H groups in total. The van der Waals surface area contributed by atoms with Crippen LogP contribution in [0.4, 0.5) is 5.69 Å². The zero-order valence-corrected chi connectivity index (χ0v) is 15.4. The van der Waals surface area contributed by atoms with Crippen molar-refractivity contribution in [1.29, 1.82) is 0 Å². The van der Waals surface area contributed by atoms with Crippen molar-refractivity contribution in [3.8, 4) is 0 Å². The number of para-hydroxylation sites is 2. The fourth-order valence-electron chi connectivity index (χ4n) is 4.72. The zero-order valence-electron chi connectivity index (χ0n) is 15.4. The van der Waals surface area contributed by atoms with E-state index in [0.717, 1.165) is 22.8 Å². The van der Waals surface area contributed by atoms with E-state index in [0.29, 0.717) is 29.0 Å². The maximum Gasteiger partial charge on any atom is 0.360 e. The highest BCUT2D eigenvalue weighted by Gasteiger charge is 2.44. The lowest BCUT2D eigenvalue weighted by molar-refractivity contribution is 0.0833. The van der Waals surface area contributed by atoms with Gasteiger partial charge in [-0.1, -0.05) is 36.4 Å². The molecule has 6 rings (SSSR count). The van der Waals surface area contributed by atoms with E-state index >= 15 is 0 Å². The first-order chi connectivity index (χ1) is 14.2. The highest BCUT2D eigenvalue weighted by molar-refractivity contribution is 5.86. The van der Waals surface area contributed by atoms with E-state index in [2.05, 4.69) is 5.32 Å². The fourth-order valence-corrected chi connectivity index (χ4v) is 4.72. The van der Waals surface area contributed by atoms with E-state index in [1.807, 2.05) is 42.5 Å². The van der Waals surface area contributed by atoms with Gasteiger partial charge in [-0.25, -0.2) is 9.59 Å². The van der Waals surface area contributed by atoms with Crippen LogP contribution >= 0.6 is 0 Å². The number of benzene rings is 2. The summed E-state index contributed by atoms with van der Waals surface area (Å²) < 4.78 is 17.1. The lowest BCUT2D eigenvalue weighted by atomic mass is 9.80. The van der Waals surface area contributed by atoms with Gasteiger partial charge >= 0.3 is 11.3 Å². The van der Waals surface area contributed by atoms with E-state index in [4.69, 9.17) is 13.6 Å². The number of nitrogens with one attached hydrogen (secondary N) is 1. The van der Waals surface area contributed by atoms with Gasteiger partial charge in [0.2, 0.25) is 0 Å². The molecule has 0 unspecified atom stereocenters. The second kappa shape index (κ2) is 6.06. The molecule has 2 aliphatic rings. The maximum atomic E-state index is 12.8. The third kappa shape index (κ3) is 2.39. The van der Waals surface area contributed by atoms with Crippen LogP contribution in [0.2, 0.25) is 0 Å². The average molecular weight is 387 g/mol. The van der Waals surface area contributed by atoms with Gasteiger partial charge in [-0.2, -0.15) is 0 Å². The number of fused-ring (bicyclic) bond motifs is 6. The number of anilines is 1. The van der Waals surface area contributed by atoms with Crippen LogP contribution in [-0.4, -0.2) is 6.61 Å². The third-order valence-corrected chi connectivity index (χ3v) is 6.01. The summed E-state index contributed by atoms with van der Waals surface area (Å²) in [4.78, 5) is 25.5. The Morgan fingerprint density at radius 2 is 1.66 bits per heavy atom. The van der Waals surface area contributed by atoms with Crippen molar-refractivity contribution in [2.24, 2.45) is 5.92 Å². The lowest BCUT2D eigenvalue weighted by Crippen LogP contribution is -2.35. The molecule has 1 saturated heterocycles. The van der Waals surface area contributed by atoms with Crippen molar-refractivity contribution in [2.45, 2.75) is 18.6 Å². The summed E-state index contributed by atoms with van der Waals surface area (Å²) in [6, 6.07) is 16.3. The van der Waals surface area contributed by atoms with Crippen LogP contribution in [-0.2, 0) is 4.74 Å². The highest BCUT2D eigenvalue weighted by atomic mass is 16.5. The molecule has 0 bridgehead atoms. The molecule has 144 valence electrons. The first-order valence-corrected chi connectivity index (χ1v) is 9.67. The van der Waals surface area contributed by atoms with E-state index < -0.39 is 11.3 Å². The molecule has 6 nitrogen and oxygen atoms in total. The van der Waals surface area contributed by atoms with E-state index in [9.17, 15) is 9.59 Å². The van der Waals surface area contributed by atoms with Crippen molar-refractivity contribution in [2.75, 3.05) is 11.9 Å². The summed E-state index contributed by atoms with van der Waals surface area (Å²) in [7, 11) is 0. The Bertz CT molecular complexity index is 1390. The van der Waals surface area contributed by atoms with Crippen LogP contribution in [0.3, 0.4) is 0 Å². The van der Waals surface area contributed by atoms with Crippen LogP contribution in [0, 0.1) is 5.92 Å². The van der Waals surface area contributed by atoms with Gasteiger partial charge in [0.25, 0.3) is 0 Å². The van der Waals surface area contributed by atoms with Crippen LogP contribution < -0.4 is 16.6 Å². The largest absolute Gasteiger partial charge is 0.422 e. The molecule has 2 aliphatic heterocycles.